The molecule has 0 fully saturated rings. The molecule has 2 N–H and O–H groups in total. The molecule has 1 aromatic carbocycles. The van der Waals surface area contributed by atoms with E-state index < -0.39 is 16.0 Å². The molecule has 0 bridgehead atoms. The van der Waals surface area contributed by atoms with Crippen LogP contribution >= 0.6 is 34.5 Å². The molecule has 2 heterocycles. The fourth-order valence-electron chi connectivity index (χ4n) is 2.69. The zero-order chi connectivity index (χ0) is 21.9. The summed E-state index contributed by atoms with van der Waals surface area (Å²) in [5.41, 5.74) is 0.567. The number of esters is 1. The summed E-state index contributed by atoms with van der Waals surface area (Å²) >= 11 is 13.4. The van der Waals surface area contributed by atoms with E-state index in [-0.39, 0.29) is 22.9 Å². The van der Waals surface area contributed by atoms with Crippen LogP contribution in [-0.4, -0.2) is 44.6 Å². The predicted octanol–water partition coefficient (Wildman–Crippen LogP) is 3.74. The maximum atomic E-state index is 12.5. The Kier molecular flexibility index (Phi) is 7.14. The highest BCUT2D eigenvalue weighted by molar-refractivity contribution is 7.89. The van der Waals surface area contributed by atoms with Gasteiger partial charge in [0.2, 0.25) is 10.0 Å². The first-order valence-corrected chi connectivity index (χ1v) is 11.9. The van der Waals surface area contributed by atoms with Crippen molar-refractivity contribution < 1.29 is 17.9 Å². The van der Waals surface area contributed by atoms with Crippen LogP contribution in [0, 0.1) is 0 Å². The summed E-state index contributed by atoms with van der Waals surface area (Å²) in [5, 5.41) is 6.11. The number of nitrogens with zero attached hydrogens (tertiary/aromatic N) is 2. The Bertz CT molecular complexity index is 1200. The van der Waals surface area contributed by atoms with E-state index in [1.165, 1.54) is 18.6 Å². The fraction of sp³-hybridized carbons (Fsp3) is 0.278. The lowest BCUT2D eigenvalue weighted by Gasteiger charge is -2.12. The average Bonchev–Trinajstić information content (AvgIpc) is 3.21. The van der Waals surface area contributed by atoms with Gasteiger partial charge >= 0.3 is 5.97 Å². The van der Waals surface area contributed by atoms with Gasteiger partial charge in [-0.15, -0.1) is 11.3 Å². The molecule has 0 aliphatic heterocycles. The number of thiophene rings is 1. The van der Waals surface area contributed by atoms with Crippen LogP contribution in [0.1, 0.15) is 22.4 Å². The molecular formula is C18H18Cl2N4O4S2. The summed E-state index contributed by atoms with van der Waals surface area (Å²) in [6, 6.07) is 4.67. The third-order valence-electron chi connectivity index (χ3n) is 4.08. The molecule has 0 atom stereocenters. The van der Waals surface area contributed by atoms with Gasteiger partial charge in [-0.25, -0.2) is 27.9 Å². The van der Waals surface area contributed by atoms with Crippen LogP contribution in [0.3, 0.4) is 0 Å². The van der Waals surface area contributed by atoms with Crippen molar-refractivity contribution in [3.8, 4) is 0 Å². The lowest BCUT2D eigenvalue weighted by Crippen LogP contribution is -2.29. The minimum absolute atomic E-state index is 0.0247. The van der Waals surface area contributed by atoms with Crippen LogP contribution in [0.5, 0.6) is 0 Å². The number of carbonyl (C=O) groups is 1. The predicted molar refractivity (Wildman–Crippen MR) is 118 cm³/mol. The number of carbonyl (C=O) groups excluding carboxylic acids is 1. The van der Waals surface area contributed by atoms with Crippen LogP contribution in [0.15, 0.2) is 28.5 Å². The van der Waals surface area contributed by atoms with E-state index in [4.69, 9.17) is 23.2 Å². The summed E-state index contributed by atoms with van der Waals surface area (Å²) in [4.78, 5) is 20.5. The van der Waals surface area contributed by atoms with Crippen molar-refractivity contribution in [3.63, 3.8) is 0 Å². The van der Waals surface area contributed by atoms with E-state index in [1.807, 2.05) is 6.92 Å². The molecule has 0 spiro atoms. The molecule has 2 aromatic heterocycles. The molecule has 0 aliphatic rings. The highest BCUT2D eigenvalue weighted by atomic mass is 35.5. The molecule has 0 amide bonds. The number of anilines is 1. The quantitative estimate of drug-likeness (QED) is 0.366. The number of benzene rings is 1. The second-order valence-corrected chi connectivity index (χ2v) is 9.55. The first kappa shape index (κ1) is 22.7. The molecule has 0 radical (unpaired) electrons. The van der Waals surface area contributed by atoms with Gasteiger partial charge in [0.1, 0.15) is 21.4 Å². The number of nitrogens with one attached hydrogen (secondary N) is 2. The number of hydrogen-bond donors (Lipinski definition) is 2. The third kappa shape index (κ3) is 4.84. The van der Waals surface area contributed by atoms with E-state index in [9.17, 15) is 13.2 Å². The maximum Gasteiger partial charge on any atom is 0.349 e. The zero-order valence-electron chi connectivity index (χ0n) is 16.0. The van der Waals surface area contributed by atoms with E-state index in [1.54, 1.807) is 12.1 Å². The van der Waals surface area contributed by atoms with Gasteiger partial charge in [-0.2, -0.15) is 0 Å². The highest BCUT2D eigenvalue weighted by Gasteiger charge is 2.24. The van der Waals surface area contributed by atoms with Crippen molar-refractivity contribution >= 4 is 67.3 Å². The molecule has 8 nitrogen and oxygen atoms in total. The SMILES string of the molecule is CCc1nc(NCCNS(=O)(=O)c2ccsc2C(=O)OC)c2cc(Cl)cc(Cl)c2n1. The molecule has 0 saturated carbocycles. The summed E-state index contributed by atoms with van der Waals surface area (Å²) in [6.45, 7) is 2.21. The number of rotatable bonds is 8. The number of hydrogen-bond acceptors (Lipinski definition) is 8. The van der Waals surface area contributed by atoms with Gasteiger partial charge in [0, 0.05) is 29.9 Å². The second kappa shape index (κ2) is 9.44. The zero-order valence-corrected chi connectivity index (χ0v) is 19.2. The minimum atomic E-state index is -3.88. The number of sulfonamides is 1. The van der Waals surface area contributed by atoms with E-state index in [0.717, 1.165) is 11.3 Å². The molecular weight excluding hydrogens is 471 g/mol. The molecule has 3 rings (SSSR count). The van der Waals surface area contributed by atoms with Gasteiger partial charge in [-0.05, 0) is 23.6 Å². The summed E-state index contributed by atoms with van der Waals surface area (Å²) < 4.78 is 32.2. The number of fused-ring (bicyclic) bond motifs is 1. The van der Waals surface area contributed by atoms with E-state index in [2.05, 4.69) is 24.7 Å². The standard InChI is InChI=1S/C18H18Cl2N4O4S2/c1-3-14-23-15-11(8-10(19)9-12(15)20)17(24-14)21-5-6-22-30(26,27)13-4-7-29-16(13)18(25)28-2/h4,7-9,22H,3,5-6H2,1-2H3,(H,21,23,24). The van der Waals surface area contributed by atoms with Gasteiger partial charge in [0.15, 0.2) is 0 Å². The Morgan fingerprint density at radius 3 is 2.70 bits per heavy atom. The maximum absolute atomic E-state index is 12.5. The lowest BCUT2D eigenvalue weighted by molar-refractivity contribution is 0.0602. The Hall–Kier alpha value is -1.98. The number of aryl methyl sites for hydroxylation is 1. The van der Waals surface area contributed by atoms with Gasteiger partial charge < -0.3 is 10.1 Å². The van der Waals surface area contributed by atoms with Crippen molar-refractivity contribution in [2.24, 2.45) is 0 Å². The van der Waals surface area contributed by atoms with Crippen molar-refractivity contribution in [2.45, 2.75) is 18.2 Å². The Labute approximate surface area is 187 Å². The molecule has 30 heavy (non-hydrogen) atoms. The smallest absolute Gasteiger partial charge is 0.349 e. The van der Waals surface area contributed by atoms with Crippen LogP contribution in [0.2, 0.25) is 10.0 Å². The number of methoxy groups -OCH3 is 1. The Balaban J connectivity index is 1.75. The highest BCUT2D eigenvalue weighted by Crippen LogP contribution is 2.30. The van der Waals surface area contributed by atoms with Crippen LogP contribution in [0.4, 0.5) is 5.82 Å². The summed E-state index contributed by atoms with van der Waals surface area (Å²) in [6.07, 6.45) is 0.602. The number of aromatic nitrogens is 2. The Morgan fingerprint density at radius 2 is 2.00 bits per heavy atom. The van der Waals surface area contributed by atoms with Crippen LogP contribution in [0.25, 0.3) is 10.9 Å². The molecule has 0 unspecified atom stereocenters. The van der Waals surface area contributed by atoms with Crippen molar-refractivity contribution in [1.29, 1.82) is 0 Å². The molecule has 12 heteroatoms. The minimum Gasteiger partial charge on any atom is -0.465 e. The topological polar surface area (TPSA) is 110 Å². The lowest BCUT2D eigenvalue weighted by atomic mass is 10.2. The normalized spacial score (nSPS) is 11.6. The van der Waals surface area contributed by atoms with E-state index >= 15 is 0 Å². The van der Waals surface area contributed by atoms with E-state index in [0.29, 0.717) is 39.0 Å². The third-order valence-corrected chi connectivity index (χ3v) is 7.11. The van der Waals surface area contributed by atoms with Crippen molar-refractivity contribution in [1.82, 2.24) is 14.7 Å². The summed E-state index contributed by atoms with van der Waals surface area (Å²) in [5.74, 6) is 0.402. The van der Waals surface area contributed by atoms with Crippen LogP contribution in [-0.2, 0) is 21.2 Å². The monoisotopic (exact) mass is 488 g/mol. The second-order valence-electron chi connectivity index (χ2n) is 6.06. The van der Waals surface area contributed by atoms with Crippen molar-refractivity contribution in [3.05, 3.63) is 44.3 Å². The molecule has 0 aliphatic carbocycles. The van der Waals surface area contributed by atoms with Gasteiger partial charge in [-0.3, -0.25) is 0 Å². The fourth-order valence-corrected chi connectivity index (χ4v) is 5.59. The first-order chi connectivity index (χ1) is 14.3. The number of ether oxygens (including phenoxy) is 1. The first-order valence-electron chi connectivity index (χ1n) is 8.81. The van der Waals surface area contributed by atoms with Gasteiger partial charge in [-0.1, -0.05) is 30.1 Å². The largest absolute Gasteiger partial charge is 0.465 e. The van der Waals surface area contributed by atoms with Crippen molar-refractivity contribution in [2.75, 3.05) is 25.5 Å². The van der Waals surface area contributed by atoms with Gasteiger partial charge in [0.05, 0.1) is 17.6 Å². The average molecular weight is 489 g/mol. The number of halogens is 2. The van der Waals surface area contributed by atoms with Crippen LogP contribution < -0.4 is 10.0 Å². The molecule has 160 valence electrons. The molecule has 0 saturated heterocycles. The Morgan fingerprint density at radius 1 is 1.23 bits per heavy atom. The molecule has 3 aromatic rings. The summed E-state index contributed by atoms with van der Waals surface area (Å²) in [7, 11) is -2.68. The van der Waals surface area contributed by atoms with Gasteiger partial charge in [0.25, 0.3) is 0 Å².